The molecule has 1 amide bonds. The number of aliphatic imine (C=N–C) groups is 1. The van der Waals surface area contributed by atoms with E-state index in [9.17, 15) is 4.79 Å². The van der Waals surface area contributed by atoms with Crippen molar-refractivity contribution in [2.45, 2.75) is 0 Å². The Labute approximate surface area is 136 Å². The molecule has 22 heavy (non-hydrogen) atoms. The minimum atomic E-state index is -0.165. The molecule has 2 heterocycles. The number of halogens is 1. The smallest absolute Gasteiger partial charge is 0.264 e. The maximum absolute atomic E-state index is 11.9. The lowest BCUT2D eigenvalue weighted by Gasteiger charge is -1.96. The van der Waals surface area contributed by atoms with Crippen LogP contribution in [0.1, 0.15) is 5.76 Å². The molecule has 0 atom stereocenters. The number of nitrogens with one attached hydrogen (secondary N) is 1. The minimum absolute atomic E-state index is 0.165. The van der Waals surface area contributed by atoms with E-state index in [1.165, 1.54) is 11.8 Å². The number of nitrogens with zero attached hydrogens (tertiary/aromatic N) is 1. The number of thioether (sulfide) groups is 1. The van der Waals surface area contributed by atoms with E-state index in [4.69, 9.17) is 16.0 Å². The molecule has 0 radical (unpaired) electrons. The Hall–Kier alpha value is -2.24. The number of carbonyl (C=O) groups excluding carboxylic acids is 1. The highest BCUT2D eigenvalue weighted by molar-refractivity contribution is 8.18. The van der Waals surface area contributed by atoms with Crippen molar-refractivity contribution in [2.24, 2.45) is 4.99 Å². The zero-order valence-electron chi connectivity index (χ0n) is 11.3. The molecule has 0 saturated carbocycles. The first-order chi connectivity index (χ1) is 10.7. The molecule has 3 rings (SSSR count). The molecule has 1 N–H and O–H groups in total. The van der Waals surface area contributed by atoms with E-state index in [1.54, 1.807) is 54.8 Å². The van der Waals surface area contributed by atoms with Crippen LogP contribution in [0.4, 0.5) is 5.69 Å². The number of furan rings is 1. The standard InChI is InChI=1S/C16H11ClN2O2S/c17-11-6-8-12(9-7-11)18-16-19-15(20)14(22-16)5-1-3-13-4-2-10-21-13/h1-10H,(H,18,19,20)/b3-1+,14-5-. The fourth-order valence-electron chi connectivity index (χ4n) is 1.74. The fraction of sp³-hybridized carbons (Fsp3) is 0. The number of carbonyl (C=O) groups is 1. The number of allylic oxidation sites excluding steroid dienone is 2. The molecular formula is C16H11ClN2O2S. The summed E-state index contributed by atoms with van der Waals surface area (Å²) < 4.78 is 5.18. The molecule has 4 nitrogen and oxygen atoms in total. The summed E-state index contributed by atoms with van der Waals surface area (Å²) in [6.07, 6.45) is 6.88. The molecule has 0 aliphatic carbocycles. The second-order valence-electron chi connectivity index (χ2n) is 4.36. The van der Waals surface area contributed by atoms with Crippen LogP contribution in [0.25, 0.3) is 6.08 Å². The van der Waals surface area contributed by atoms with Crippen molar-refractivity contribution in [3.8, 4) is 0 Å². The second kappa shape index (κ2) is 6.68. The van der Waals surface area contributed by atoms with Gasteiger partial charge in [0.05, 0.1) is 16.9 Å². The van der Waals surface area contributed by atoms with Crippen LogP contribution < -0.4 is 5.32 Å². The van der Waals surface area contributed by atoms with Crippen molar-refractivity contribution in [1.29, 1.82) is 0 Å². The van der Waals surface area contributed by atoms with Crippen LogP contribution in [0.3, 0.4) is 0 Å². The third kappa shape index (κ3) is 3.69. The average molecular weight is 331 g/mol. The Morgan fingerprint density at radius 3 is 2.77 bits per heavy atom. The average Bonchev–Trinajstić information content (AvgIpc) is 3.12. The van der Waals surface area contributed by atoms with Gasteiger partial charge in [-0.15, -0.1) is 0 Å². The molecule has 1 aliphatic rings. The summed E-state index contributed by atoms with van der Waals surface area (Å²) in [6, 6.07) is 10.7. The van der Waals surface area contributed by atoms with Gasteiger partial charge in [0.1, 0.15) is 5.76 Å². The van der Waals surface area contributed by atoms with E-state index < -0.39 is 0 Å². The molecular weight excluding hydrogens is 320 g/mol. The largest absolute Gasteiger partial charge is 0.465 e. The number of benzene rings is 1. The Balaban J connectivity index is 1.71. The molecule has 1 saturated heterocycles. The van der Waals surface area contributed by atoms with Gasteiger partial charge in [0.25, 0.3) is 5.91 Å². The molecule has 0 unspecified atom stereocenters. The highest BCUT2D eigenvalue weighted by Gasteiger charge is 2.22. The molecule has 1 fully saturated rings. The number of amidine groups is 1. The maximum atomic E-state index is 11.9. The highest BCUT2D eigenvalue weighted by Crippen LogP contribution is 2.26. The predicted octanol–water partition coefficient (Wildman–Crippen LogP) is 4.38. The van der Waals surface area contributed by atoms with Crippen LogP contribution in [0.15, 0.2) is 69.1 Å². The fourth-order valence-corrected chi connectivity index (χ4v) is 2.66. The second-order valence-corrected chi connectivity index (χ2v) is 5.82. The van der Waals surface area contributed by atoms with E-state index in [-0.39, 0.29) is 5.91 Å². The van der Waals surface area contributed by atoms with E-state index in [0.29, 0.717) is 15.1 Å². The molecule has 0 spiro atoms. The van der Waals surface area contributed by atoms with E-state index in [0.717, 1.165) is 11.4 Å². The summed E-state index contributed by atoms with van der Waals surface area (Å²) >= 11 is 7.12. The first kappa shape index (κ1) is 14.7. The van der Waals surface area contributed by atoms with Crippen molar-refractivity contribution in [3.63, 3.8) is 0 Å². The van der Waals surface area contributed by atoms with Crippen LogP contribution in [0.5, 0.6) is 0 Å². The minimum Gasteiger partial charge on any atom is -0.465 e. The Bertz CT molecular complexity index is 762. The summed E-state index contributed by atoms with van der Waals surface area (Å²) in [5.41, 5.74) is 0.736. The topological polar surface area (TPSA) is 54.6 Å². The van der Waals surface area contributed by atoms with Crippen LogP contribution in [-0.2, 0) is 4.79 Å². The maximum Gasteiger partial charge on any atom is 0.264 e. The van der Waals surface area contributed by atoms with Crippen molar-refractivity contribution in [1.82, 2.24) is 5.32 Å². The highest BCUT2D eigenvalue weighted by atomic mass is 35.5. The number of hydrogen-bond donors (Lipinski definition) is 1. The van der Waals surface area contributed by atoms with Gasteiger partial charge < -0.3 is 9.73 Å². The summed E-state index contributed by atoms with van der Waals surface area (Å²) in [4.78, 5) is 16.8. The van der Waals surface area contributed by atoms with Crippen molar-refractivity contribution in [3.05, 3.63) is 70.5 Å². The SMILES string of the molecule is O=C1NC(=Nc2ccc(Cl)cc2)S/C1=C\C=C\c1ccco1. The number of amides is 1. The van der Waals surface area contributed by atoms with Gasteiger partial charge in [-0.1, -0.05) is 17.7 Å². The van der Waals surface area contributed by atoms with Crippen LogP contribution in [-0.4, -0.2) is 11.1 Å². The summed E-state index contributed by atoms with van der Waals surface area (Å²) in [5.74, 6) is 0.567. The Morgan fingerprint density at radius 1 is 1.23 bits per heavy atom. The first-order valence-electron chi connectivity index (χ1n) is 6.46. The van der Waals surface area contributed by atoms with Gasteiger partial charge in [-0.25, -0.2) is 4.99 Å². The normalized spacial score (nSPS) is 18.5. The van der Waals surface area contributed by atoms with Gasteiger partial charge in [-0.3, -0.25) is 4.79 Å². The van der Waals surface area contributed by atoms with Crippen LogP contribution >= 0.6 is 23.4 Å². The van der Waals surface area contributed by atoms with Gasteiger partial charge in [0.2, 0.25) is 0 Å². The monoisotopic (exact) mass is 330 g/mol. The van der Waals surface area contributed by atoms with E-state index in [2.05, 4.69) is 10.3 Å². The number of hydrogen-bond acceptors (Lipinski definition) is 4. The molecule has 6 heteroatoms. The predicted molar refractivity (Wildman–Crippen MR) is 90.1 cm³/mol. The Morgan fingerprint density at radius 2 is 2.05 bits per heavy atom. The van der Waals surface area contributed by atoms with E-state index >= 15 is 0 Å². The molecule has 110 valence electrons. The van der Waals surface area contributed by atoms with Crippen LogP contribution in [0, 0.1) is 0 Å². The Kier molecular flexibility index (Phi) is 4.46. The molecule has 2 aromatic rings. The molecule has 0 bridgehead atoms. The third-order valence-corrected chi connectivity index (χ3v) is 3.94. The summed E-state index contributed by atoms with van der Waals surface area (Å²) in [7, 11) is 0. The van der Waals surface area contributed by atoms with Crippen molar-refractivity contribution >= 4 is 46.2 Å². The van der Waals surface area contributed by atoms with Crippen molar-refractivity contribution in [2.75, 3.05) is 0 Å². The van der Waals surface area contributed by atoms with Gasteiger partial charge in [-0.05, 0) is 60.3 Å². The van der Waals surface area contributed by atoms with Gasteiger partial charge in [0.15, 0.2) is 5.17 Å². The third-order valence-electron chi connectivity index (χ3n) is 2.76. The van der Waals surface area contributed by atoms with Gasteiger partial charge >= 0.3 is 0 Å². The quantitative estimate of drug-likeness (QED) is 0.850. The summed E-state index contributed by atoms with van der Waals surface area (Å²) in [5, 5.41) is 3.92. The zero-order chi connectivity index (χ0) is 15.4. The molecule has 1 aromatic carbocycles. The van der Waals surface area contributed by atoms with E-state index in [1.807, 2.05) is 6.07 Å². The van der Waals surface area contributed by atoms with Crippen LogP contribution in [0.2, 0.25) is 5.02 Å². The lowest BCUT2D eigenvalue weighted by Crippen LogP contribution is -2.19. The number of rotatable bonds is 3. The lowest BCUT2D eigenvalue weighted by molar-refractivity contribution is -0.115. The zero-order valence-corrected chi connectivity index (χ0v) is 12.9. The van der Waals surface area contributed by atoms with Gasteiger partial charge in [0, 0.05) is 5.02 Å². The van der Waals surface area contributed by atoms with Crippen molar-refractivity contribution < 1.29 is 9.21 Å². The summed E-state index contributed by atoms with van der Waals surface area (Å²) in [6.45, 7) is 0. The molecule has 1 aromatic heterocycles. The van der Waals surface area contributed by atoms with Gasteiger partial charge in [-0.2, -0.15) is 0 Å². The lowest BCUT2D eigenvalue weighted by atomic mass is 10.3. The molecule has 1 aliphatic heterocycles. The first-order valence-corrected chi connectivity index (χ1v) is 7.65.